The monoisotopic (exact) mass is 435 g/mol. The first-order valence-electron chi connectivity index (χ1n) is 10.3. The Morgan fingerprint density at radius 2 is 1.97 bits per heavy atom. The Morgan fingerprint density at radius 1 is 1.19 bits per heavy atom. The van der Waals surface area contributed by atoms with Crippen LogP contribution in [0.5, 0.6) is 5.75 Å². The zero-order valence-electron chi connectivity index (χ0n) is 17.4. The molecule has 0 spiro atoms. The third-order valence-corrected chi connectivity index (χ3v) is 6.30. The van der Waals surface area contributed by atoms with Crippen LogP contribution in [0.25, 0.3) is 0 Å². The number of aromatic amines is 2. The lowest BCUT2D eigenvalue weighted by atomic mass is 9.81. The molecule has 2 aliphatic carbocycles. The van der Waals surface area contributed by atoms with Gasteiger partial charge in [-0.1, -0.05) is 38.1 Å². The van der Waals surface area contributed by atoms with Crippen molar-refractivity contribution in [1.82, 2.24) is 15.3 Å². The topological polar surface area (TPSA) is 141 Å². The van der Waals surface area contributed by atoms with Gasteiger partial charge >= 0.3 is 5.69 Å². The molecule has 3 aliphatic rings. The molecule has 1 amide bonds. The highest BCUT2D eigenvalue weighted by Crippen LogP contribution is 2.58. The summed E-state index contributed by atoms with van der Waals surface area (Å²) in [6, 6.07) is 6.16. The molecule has 1 aromatic carbocycles. The molecule has 164 valence electrons. The molecule has 32 heavy (non-hydrogen) atoms. The molecular formula is C23H21N3O6. The molecule has 4 N–H and O–H groups in total. The number of carbonyl (C=O) groups is 2. The maximum Gasteiger partial charge on any atom is 0.326 e. The Bertz CT molecular complexity index is 1340. The number of aliphatic hydroxyl groups is 1. The lowest BCUT2D eigenvalue weighted by molar-refractivity contribution is -0.154. The number of hydrogen-bond donors (Lipinski definition) is 4. The van der Waals surface area contributed by atoms with E-state index in [9.17, 15) is 24.3 Å². The van der Waals surface area contributed by atoms with Gasteiger partial charge in [-0.15, -0.1) is 0 Å². The van der Waals surface area contributed by atoms with Crippen LogP contribution in [0, 0.1) is 0 Å². The van der Waals surface area contributed by atoms with Crippen LogP contribution in [0.3, 0.4) is 0 Å². The molecule has 0 bridgehead atoms. The lowest BCUT2D eigenvalue weighted by Crippen LogP contribution is -2.63. The smallest absolute Gasteiger partial charge is 0.326 e. The van der Waals surface area contributed by atoms with Crippen molar-refractivity contribution in [2.45, 2.75) is 43.9 Å². The molecule has 9 heteroatoms. The summed E-state index contributed by atoms with van der Waals surface area (Å²) < 4.78 is 6.01. The number of H-pyrrole nitrogens is 2. The van der Waals surface area contributed by atoms with Crippen molar-refractivity contribution in [1.29, 1.82) is 0 Å². The minimum atomic E-state index is -2.16. The van der Waals surface area contributed by atoms with E-state index in [1.54, 1.807) is 18.2 Å². The van der Waals surface area contributed by atoms with Crippen molar-refractivity contribution in [3.63, 3.8) is 0 Å². The highest BCUT2D eigenvalue weighted by Gasteiger charge is 2.72. The highest BCUT2D eigenvalue weighted by atomic mass is 16.6. The molecule has 9 nitrogen and oxygen atoms in total. The van der Waals surface area contributed by atoms with Crippen LogP contribution in [-0.4, -0.2) is 32.6 Å². The molecule has 5 rings (SSSR count). The van der Waals surface area contributed by atoms with E-state index in [0.717, 1.165) is 11.6 Å². The van der Waals surface area contributed by atoms with Crippen LogP contribution >= 0.6 is 0 Å². The van der Waals surface area contributed by atoms with Gasteiger partial charge in [0.15, 0.2) is 5.78 Å². The van der Waals surface area contributed by atoms with Gasteiger partial charge in [0.05, 0.1) is 0 Å². The minimum Gasteiger partial charge on any atom is -0.454 e. The minimum absolute atomic E-state index is 0.172. The predicted octanol–water partition coefficient (Wildman–Crippen LogP) is 1.12. The van der Waals surface area contributed by atoms with Crippen molar-refractivity contribution in [3.8, 4) is 5.75 Å². The van der Waals surface area contributed by atoms with Gasteiger partial charge in [0.2, 0.25) is 5.54 Å². The number of amides is 1. The largest absolute Gasteiger partial charge is 0.454 e. The Kier molecular flexibility index (Phi) is 4.19. The number of rotatable bonds is 3. The predicted molar refractivity (Wildman–Crippen MR) is 113 cm³/mol. The molecule has 2 heterocycles. The van der Waals surface area contributed by atoms with Gasteiger partial charge in [0, 0.05) is 22.8 Å². The fourth-order valence-electron chi connectivity index (χ4n) is 4.72. The Hall–Kier alpha value is -3.72. The average Bonchev–Trinajstić information content (AvgIpc) is 3.10. The molecular weight excluding hydrogens is 414 g/mol. The third-order valence-electron chi connectivity index (χ3n) is 6.30. The number of aromatic nitrogens is 2. The van der Waals surface area contributed by atoms with Gasteiger partial charge in [-0.25, -0.2) is 4.79 Å². The third kappa shape index (κ3) is 2.54. The van der Waals surface area contributed by atoms with Crippen molar-refractivity contribution >= 4 is 11.7 Å². The maximum absolute atomic E-state index is 13.7. The SMILES string of the molecule is CC(C)c1ccc2c(c1)OC1(O)C3=C(CCC=C3)C(=O)C21NC(=O)c1cc(=O)[nH]c(=O)[nH]1. The fraction of sp³-hybridized carbons (Fsp3) is 0.304. The molecule has 0 saturated heterocycles. The van der Waals surface area contributed by atoms with Crippen LogP contribution < -0.4 is 21.3 Å². The Morgan fingerprint density at radius 3 is 2.69 bits per heavy atom. The standard InChI is InChI=1S/C23H21N3O6/c1-11(2)12-7-8-15-17(9-12)32-23(31)14-6-4-3-5-13(14)19(28)22(15,23)26-20(29)16-10-18(27)25-21(30)24-16/h4,6-11,31H,3,5H2,1-2H3,(H,26,29)(H2,24,25,27,30). The molecule has 0 fully saturated rings. The number of allylic oxidation sites excluding steroid dienone is 1. The second-order valence-corrected chi connectivity index (χ2v) is 8.52. The molecule has 1 aromatic heterocycles. The summed E-state index contributed by atoms with van der Waals surface area (Å²) in [5.74, 6) is -3.07. The van der Waals surface area contributed by atoms with Crippen LogP contribution in [-0.2, 0) is 10.3 Å². The van der Waals surface area contributed by atoms with E-state index in [1.165, 1.54) is 0 Å². The summed E-state index contributed by atoms with van der Waals surface area (Å²) in [5, 5.41) is 14.4. The van der Waals surface area contributed by atoms with Gasteiger partial charge < -0.3 is 20.1 Å². The average molecular weight is 435 g/mol. The number of Topliss-reactive ketones (excluding diaryl/α,β-unsaturated/α-hetero) is 1. The number of ketones is 1. The number of nitrogens with one attached hydrogen (secondary N) is 3. The molecule has 0 radical (unpaired) electrons. The molecule has 1 aliphatic heterocycles. The number of fused-ring (bicyclic) bond motifs is 4. The van der Waals surface area contributed by atoms with Gasteiger partial charge in [-0.05, 0) is 30.4 Å². The zero-order valence-corrected chi connectivity index (χ0v) is 17.4. The van der Waals surface area contributed by atoms with Crippen LogP contribution in [0.4, 0.5) is 0 Å². The second-order valence-electron chi connectivity index (χ2n) is 8.52. The van der Waals surface area contributed by atoms with Crippen LogP contribution in [0.2, 0.25) is 0 Å². The summed E-state index contributed by atoms with van der Waals surface area (Å²) in [5.41, 5.74) is -1.98. The number of ether oxygens (including phenoxy) is 1. The Balaban J connectivity index is 1.70. The number of carbonyl (C=O) groups excluding carboxylic acids is 2. The fourth-order valence-corrected chi connectivity index (χ4v) is 4.72. The zero-order chi connectivity index (χ0) is 22.8. The van der Waals surface area contributed by atoms with Crippen molar-refractivity contribution < 1.29 is 19.4 Å². The molecule has 2 unspecified atom stereocenters. The summed E-state index contributed by atoms with van der Waals surface area (Å²) in [6.45, 7) is 4.01. The van der Waals surface area contributed by atoms with E-state index in [-0.39, 0.29) is 17.4 Å². The maximum atomic E-state index is 13.7. The summed E-state index contributed by atoms with van der Waals surface area (Å²) in [6.07, 6.45) is 4.50. The van der Waals surface area contributed by atoms with Crippen LogP contribution in [0.15, 0.2) is 57.2 Å². The van der Waals surface area contributed by atoms with Crippen molar-refractivity contribution in [2.24, 2.45) is 0 Å². The van der Waals surface area contributed by atoms with E-state index < -0.39 is 34.3 Å². The molecule has 0 saturated carbocycles. The van der Waals surface area contributed by atoms with E-state index in [0.29, 0.717) is 29.6 Å². The highest BCUT2D eigenvalue weighted by molar-refractivity contribution is 6.13. The van der Waals surface area contributed by atoms with E-state index in [4.69, 9.17) is 4.74 Å². The first-order chi connectivity index (χ1) is 15.2. The summed E-state index contributed by atoms with van der Waals surface area (Å²) in [7, 11) is 0. The van der Waals surface area contributed by atoms with E-state index >= 15 is 0 Å². The van der Waals surface area contributed by atoms with Gasteiger partial charge in [-0.2, -0.15) is 0 Å². The van der Waals surface area contributed by atoms with Gasteiger partial charge in [0.1, 0.15) is 11.4 Å². The number of benzene rings is 1. The van der Waals surface area contributed by atoms with Gasteiger partial charge in [0.25, 0.3) is 17.3 Å². The summed E-state index contributed by atoms with van der Waals surface area (Å²) in [4.78, 5) is 54.5. The molecule has 2 aromatic rings. The summed E-state index contributed by atoms with van der Waals surface area (Å²) >= 11 is 0. The number of hydrogen-bond acceptors (Lipinski definition) is 6. The van der Waals surface area contributed by atoms with E-state index in [1.807, 2.05) is 31.0 Å². The van der Waals surface area contributed by atoms with Crippen LogP contribution in [0.1, 0.15) is 54.2 Å². The Labute approximate surface area is 181 Å². The van der Waals surface area contributed by atoms with Crippen molar-refractivity contribution in [3.05, 3.63) is 85.2 Å². The first kappa shape index (κ1) is 20.2. The van der Waals surface area contributed by atoms with Crippen molar-refractivity contribution in [2.75, 3.05) is 0 Å². The second kappa shape index (κ2) is 6.64. The quantitative estimate of drug-likeness (QED) is 0.569. The van der Waals surface area contributed by atoms with Gasteiger partial charge in [-0.3, -0.25) is 19.4 Å². The normalized spacial score (nSPS) is 25.4. The first-order valence-corrected chi connectivity index (χ1v) is 10.3. The van der Waals surface area contributed by atoms with E-state index in [2.05, 4.69) is 10.3 Å². The molecule has 2 atom stereocenters. The lowest BCUT2D eigenvalue weighted by Gasteiger charge is -2.35.